The number of ether oxygens (including phenoxy) is 2. The number of aryl methyl sites for hydroxylation is 2. The van der Waals surface area contributed by atoms with Crippen molar-refractivity contribution in [3.63, 3.8) is 0 Å². The first kappa shape index (κ1) is 23.5. The molecule has 1 aromatic rings. The zero-order valence-electron chi connectivity index (χ0n) is 18.4. The summed E-state index contributed by atoms with van der Waals surface area (Å²) in [6.45, 7) is 15.0. The highest BCUT2D eigenvalue weighted by Gasteiger charge is 2.33. The first-order valence-electron chi connectivity index (χ1n) is 10.5. The zero-order chi connectivity index (χ0) is 20.4. The first-order chi connectivity index (χ1) is 12.8. The summed E-state index contributed by atoms with van der Waals surface area (Å²) in [7, 11) is 0. The molecule has 1 rings (SSSR count). The van der Waals surface area contributed by atoms with Crippen LogP contribution in [0.4, 0.5) is 5.69 Å². The number of benzene rings is 1. The lowest BCUT2D eigenvalue weighted by atomic mass is 9.96. The van der Waals surface area contributed by atoms with Crippen molar-refractivity contribution in [1.29, 1.82) is 0 Å². The molecule has 0 bridgehead atoms. The van der Waals surface area contributed by atoms with Crippen molar-refractivity contribution in [2.45, 2.75) is 98.7 Å². The standard InChI is InChI=1S/C23H39NO3/c1-8-11-12-13-23(7,26-14-9-2)22(25)24-20-15-17(4)21(18(5)16-20)27-19(6)10-3/h15-16,19H,8-14H2,1-7H3,(H,24,25)/t19-,23-/m1/s1. The molecule has 0 aliphatic carbocycles. The zero-order valence-corrected chi connectivity index (χ0v) is 18.4. The third-order valence-corrected chi connectivity index (χ3v) is 4.97. The van der Waals surface area contributed by atoms with Crippen LogP contribution in [0.5, 0.6) is 5.75 Å². The minimum absolute atomic E-state index is 0.0681. The van der Waals surface area contributed by atoms with Crippen LogP contribution in [0.25, 0.3) is 0 Å². The number of hydrogen-bond donors (Lipinski definition) is 1. The van der Waals surface area contributed by atoms with E-state index in [1.807, 2.05) is 32.9 Å². The maximum atomic E-state index is 13.0. The van der Waals surface area contributed by atoms with E-state index >= 15 is 0 Å². The van der Waals surface area contributed by atoms with Gasteiger partial charge in [0.1, 0.15) is 11.4 Å². The molecular formula is C23H39NO3. The van der Waals surface area contributed by atoms with Crippen molar-refractivity contribution >= 4 is 11.6 Å². The van der Waals surface area contributed by atoms with Crippen molar-refractivity contribution in [2.75, 3.05) is 11.9 Å². The molecule has 4 heteroatoms. The van der Waals surface area contributed by atoms with Gasteiger partial charge >= 0.3 is 0 Å². The number of amides is 1. The summed E-state index contributed by atoms with van der Waals surface area (Å²) in [5.41, 5.74) is 2.08. The number of anilines is 1. The van der Waals surface area contributed by atoms with E-state index in [0.717, 1.165) is 61.1 Å². The maximum absolute atomic E-state index is 13.0. The molecule has 0 aliphatic heterocycles. The van der Waals surface area contributed by atoms with Gasteiger partial charge in [0.05, 0.1) is 6.10 Å². The molecule has 0 heterocycles. The molecule has 1 amide bonds. The van der Waals surface area contributed by atoms with E-state index < -0.39 is 5.60 Å². The Labute approximate surface area is 166 Å². The molecule has 1 N–H and O–H groups in total. The van der Waals surface area contributed by atoms with Crippen LogP contribution in [0.15, 0.2) is 12.1 Å². The molecule has 154 valence electrons. The Bertz CT molecular complexity index is 576. The van der Waals surface area contributed by atoms with E-state index in [-0.39, 0.29) is 12.0 Å². The summed E-state index contributed by atoms with van der Waals surface area (Å²) in [4.78, 5) is 13.0. The molecule has 2 atom stereocenters. The number of carbonyl (C=O) groups is 1. The third-order valence-electron chi connectivity index (χ3n) is 4.97. The molecular weight excluding hydrogens is 338 g/mol. The van der Waals surface area contributed by atoms with Gasteiger partial charge in [-0.15, -0.1) is 0 Å². The van der Waals surface area contributed by atoms with E-state index in [9.17, 15) is 4.79 Å². The molecule has 0 spiro atoms. The highest BCUT2D eigenvalue weighted by Crippen LogP contribution is 2.30. The smallest absolute Gasteiger partial charge is 0.256 e. The fraction of sp³-hybridized carbons (Fsp3) is 0.696. The van der Waals surface area contributed by atoms with E-state index in [2.05, 4.69) is 33.0 Å². The minimum atomic E-state index is -0.793. The van der Waals surface area contributed by atoms with Crippen molar-refractivity contribution in [2.24, 2.45) is 0 Å². The number of hydrogen-bond acceptors (Lipinski definition) is 3. The Morgan fingerprint density at radius 1 is 1.11 bits per heavy atom. The Hall–Kier alpha value is -1.55. The molecule has 1 aromatic carbocycles. The predicted molar refractivity (Wildman–Crippen MR) is 114 cm³/mol. The molecule has 0 fully saturated rings. The van der Waals surface area contributed by atoms with E-state index in [1.54, 1.807) is 0 Å². The summed E-state index contributed by atoms with van der Waals surface area (Å²) in [6, 6.07) is 3.96. The quantitative estimate of drug-likeness (QED) is 0.442. The van der Waals surface area contributed by atoms with Gasteiger partial charge in [0.2, 0.25) is 0 Å². The van der Waals surface area contributed by atoms with Gasteiger partial charge in [-0.2, -0.15) is 0 Å². The van der Waals surface area contributed by atoms with E-state index in [4.69, 9.17) is 9.47 Å². The van der Waals surface area contributed by atoms with Gasteiger partial charge in [-0.05, 0) is 70.2 Å². The second-order valence-corrected chi connectivity index (χ2v) is 7.77. The third kappa shape index (κ3) is 7.17. The average molecular weight is 378 g/mol. The number of unbranched alkanes of at least 4 members (excludes halogenated alkanes) is 2. The fourth-order valence-corrected chi connectivity index (χ4v) is 3.05. The van der Waals surface area contributed by atoms with Crippen molar-refractivity contribution < 1.29 is 14.3 Å². The van der Waals surface area contributed by atoms with Crippen LogP contribution in [0.2, 0.25) is 0 Å². The first-order valence-corrected chi connectivity index (χ1v) is 10.5. The van der Waals surface area contributed by atoms with Crippen LogP contribution < -0.4 is 10.1 Å². The summed E-state index contributed by atoms with van der Waals surface area (Å²) in [5, 5.41) is 3.08. The topological polar surface area (TPSA) is 47.6 Å². The molecule has 4 nitrogen and oxygen atoms in total. The van der Waals surface area contributed by atoms with Gasteiger partial charge in [0.25, 0.3) is 5.91 Å². The highest BCUT2D eigenvalue weighted by molar-refractivity contribution is 5.97. The van der Waals surface area contributed by atoms with Gasteiger partial charge in [0, 0.05) is 12.3 Å². The van der Waals surface area contributed by atoms with Crippen LogP contribution >= 0.6 is 0 Å². The van der Waals surface area contributed by atoms with Crippen molar-refractivity contribution in [3.8, 4) is 5.75 Å². The van der Waals surface area contributed by atoms with Gasteiger partial charge < -0.3 is 14.8 Å². The van der Waals surface area contributed by atoms with Gasteiger partial charge in [-0.3, -0.25) is 4.79 Å². The Morgan fingerprint density at radius 3 is 2.26 bits per heavy atom. The van der Waals surface area contributed by atoms with Crippen LogP contribution in [0.1, 0.15) is 84.3 Å². The van der Waals surface area contributed by atoms with E-state index in [0.29, 0.717) is 6.61 Å². The normalized spacial score (nSPS) is 14.5. The predicted octanol–water partition coefficient (Wildman–Crippen LogP) is 6.18. The van der Waals surface area contributed by atoms with Gasteiger partial charge in [-0.1, -0.05) is 40.0 Å². The highest BCUT2D eigenvalue weighted by atomic mass is 16.5. The number of nitrogens with one attached hydrogen (secondary N) is 1. The molecule has 0 unspecified atom stereocenters. The molecule has 0 aliphatic rings. The lowest BCUT2D eigenvalue weighted by Gasteiger charge is -2.29. The van der Waals surface area contributed by atoms with Gasteiger partial charge in [0.15, 0.2) is 0 Å². The molecule has 0 aromatic heterocycles. The lowest BCUT2D eigenvalue weighted by Crippen LogP contribution is -2.43. The summed E-state index contributed by atoms with van der Waals surface area (Å²) < 4.78 is 12.0. The largest absolute Gasteiger partial charge is 0.490 e. The Morgan fingerprint density at radius 2 is 1.74 bits per heavy atom. The van der Waals surface area contributed by atoms with Crippen LogP contribution in [0.3, 0.4) is 0 Å². The maximum Gasteiger partial charge on any atom is 0.256 e. The molecule has 0 saturated carbocycles. The Kier molecular flexibility index (Phi) is 9.86. The summed E-state index contributed by atoms with van der Waals surface area (Å²) >= 11 is 0. The van der Waals surface area contributed by atoms with Gasteiger partial charge in [-0.25, -0.2) is 0 Å². The van der Waals surface area contributed by atoms with E-state index in [1.165, 1.54) is 0 Å². The second kappa shape index (κ2) is 11.3. The molecule has 0 saturated heterocycles. The number of carbonyl (C=O) groups excluding carboxylic acids is 1. The second-order valence-electron chi connectivity index (χ2n) is 7.77. The van der Waals surface area contributed by atoms with Crippen molar-refractivity contribution in [1.82, 2.24) is 0 Å². The van der Waals surface area contributed by atoms with Crippen molar-refractivity contribution in [3.05, 3.63) is 23.3 Å². The number of rotatable bonds is 12. The van der Waals surface area contributed by atoms with Crippen LogP contribution in [-0.2, 0) is 9.53 Å². The Balaban J connectivity index is 2.94. The fourth-order valence-electron chi connectivity index (χ4n) is 3.05. The minimum Gasteiger partial charge on any atom is -0.490 e. The molecule has 0 radical (unpaired) electrons. The summed E-state index contributed by atoms with van der Waals surface area (Å²) in [6.07, 6.45) is 5.99. The van der Waals surface area contributed by atoms with Crippen LogP contribution in [0, 0.1) is 13.8 Å². The monoisotopic (exact) mass is 377 g/mol. The summed E-state index contributed by atoms with van der Waals surface area (Å²) in [5.74, 6) is 0.844. The van der Waals surface area contributed by atoms with Crippen LogP contribution in [-0.4, -0.2) is 24.2 Å². The lowest BCUT2D eigenvalue weighted by molar-refractivity contribution is -0.140. The average Bonchev–Trinajstić information content (AvgIpc) is 2.63. The SMILES string of the molecule is CCCCC[C@@](C)(OCCC)C(=O)Nc1cc(C)c(O[C@H](C)CC)c(C)c1. The molecule has 27 heavy (non-hydrogen) atoms.